The van der Waals surface area contributed by atoms with Gasteiger partial charge in [-0.15, -0.1) is 11.3 Å². The van der Waals surface area contributed by atoms with Crippen LogP contribution < -0.4 is 0 Å². The first-order chi connectivity index (χ1) is 12.8. The fourth-order valence-corrected chi connectivity index (χ4v) is 3.49. The van der Waals surface area contributed by atoms with E-state index in [0.717, 1.165) is 16.3 Å². The van der Waals surface area contributed by atoms with Crippen LogP contribution in [-0.4, -0.2) is 39.5 Å². The topological polar surface area (TPSA) is 72.1 Å². The predicted molar refractivity (Wildman–Crippen MR) is 106 cm³/mol. The van der Waals surface area contributed by atoms with E-state index < -0.39 is 0 Å². The van der Waals surface area contributed by atoms with Crippen molar-refractivity contribution >= 4 is 17.2 Å². The van der Waals surface area contributed by atoms with E-state index in [4.69, 9.17) is 4.52 Å². The van der Waals surface area contributed by atoms with Gasteiger partial charge in [0.1, 0.15) is 5.01 Å². The van der Waals surface area contributed by atoms with Crippen molar-refractivity contribution in [2.45, 2.75) is 40.0 Å². The summed E-state index contributed by atoms with van der Waals surface area (Å²) in [6, 6.07) is 7.63. The molecule has 0 fully saturated rings. The minimum atomic E-state index is -0.0329. The van der Waals surface area contributed by atoms with Gasteiger partial charge in [-0.2, -0.15) is 4.98 Å². The van der Waals surface area contributed by atoms with Gasteiger partial charge in [0, 0.05) is 41.9 Å². The van der Waals surface area contributed by atoms with E-state index in [-0.39, 0.29) is 11.8 Å². The average Bonchev–Trinajstić information content (AvgIpc) is 3.26. The molecule has 6 nitrogen and oxygen atoms in total. The fraction of sp³-hybridized carbons (Fsp3) is 0.400. The predicted octanol–water partition coefficient (Wildman–Crippen LogP) is 4.25. The maximum Gasteiger partial charge on any atom is 0.253 e. The third kappa shape index (κ3) is 4.42. The second-order valence-corrected chi connectivity index (χ2v) is 8.12. The summed E-state index contributed by atoms with van der Waals surface area (Å²) in [6.07, 6.45) is 0.559. The zero-order valence-corrected chi connectivity index (χ0v) is 17.1. The van der Waals surface area contributed by atoms with Gasteiger partial charge in [0.25, 0.3) is 5.91 Å². The molecule has 1 aromatic carbocycles. The third-order valence-electron chi connectivity index (χ3n) is 4.38. The van der Waals surface area contributed by atoms with Gasteiger partial charge in [-0.05, 0) is 26.0 Å². The normalized spacial score (nSPS) is 11.2. The first-order valence-electron chi connectivity index (χ1n) is 8.97. The van der Waals surface area contributed by atoms with Crippen molar-refractivity contribution in [3.05, 3.63) is 52.1 Å². The summed E-state index contributed by atoms with van der Waals surface area (Å²) >= 11 is 1.65. The molecule has 0 spiro atoms. The molecule has 0 radical (unpaired) electrons. The maximum absolute atomic E-state index is 12.8. The number of aromatic nitrogens is 3. The van der Waals surface area contributed by atoms with Crippen molar-refractivity contribution in [3.8, 4) is 10.6 Å². The van der Waals surface area contributed by atoms with E-state index in [1.165, 1.54) is 4.88 Å². The highest BCUT2D eigenvalue weighted by atomic mass is 32.1. The van der Waals surface area contributed by atoms with Gasteiger partial charge < -0.3 is 9.42 Å². The standard InChI is InChI=1S/C20H24N4O2S/c1-12(2)18-22-17(23-26-18)9-10-24(5)20(25)16-8-6-7-15(11-16)19-21-13(3)14(4)27-19/h6-8,11-12H,9-10H2,1-5H3. The number of thiazole rings is 1. The lowest BCUT2D eigenvalue weighted by Crippen LogP contribution is -2.29. The van der Waals surface area contributed by atoms with Crippen molar-refractivity contribution < 1.29 is 9.32 Å². The number of benzene rings is 1. The van der Waals surface area contributed by atoms with Crippen LogP contribution in [0.4, 0.5) is 0 Å². The zero-order chi connectivity index (χ0) is 19.6. The smallest absolute Gasteiger partial charge is 0.253 e. The van der Waals surface area contributed by atoms with E-state index in [2.05, 4.69) is 22.0 Å². The molecule has 0 N–H and O–H groups in total. The van der Waals surface area contributed by atoms with Crippen LogP contribution in [0.15, 0.2) is 28.8 Å². The van der Waals surface area contributed by atoms with Gasteiger partial charge in [0.15, 0.2) is 5.82 Å². The Morgan fingerprint density at radius 2 is 2.04 bits per heavy atom. The summed E-state index contributed by atoms with van der Waals surface area (Å²) in [6.45, 7) is 8.59. The number of hydrogen-bond donors (Lipinski definition) is 0. The monoisotopic (exact) mass is 384 g/mol. The Balaban J connectivity index is 1.68. The number of amides is 1. The molecule has 0 aliphatic carbocycles. The van der Waals surface area contributed by atoms with Crippen molar-refractivity contribution in [1.29, 1.82) is 0 Å². The molecule has 0 saturated heterocycles. The number of aryl methyl sites for hydroxylation is 2. The minimum absolute atomic E-state index is 0.0329. The molecular formula is C20H24N4O2S. The highest BCUT2D eigenvalue weighted by Crippen LogP contribution is 2.28. The van der Waals surface area contributed by atoms with E-state index in [0.29, 0.717) is 30.2 Å². The number of carbonyl (C=O) groups excluding carboxylic acids is 1. The molecule has 7 heteroatoms. The highest BCUT2D eigenvalue weighted by molar-refractivity contribution is 7.15. The molecule has 3 rings (SSSR count). The Kier molecular flexibility index (Phi) is 5.70. The Morgan fingerprint density at radius 1 is 1.26 bits per heavy atom. The molecule has 27 heavy (non-hydrogen) atoms. The lowest BCUT2D eigenvalue weighted by atomic mass is 10.1. The summed E-state index contributed by atoms with van der Waals surface area (Å²) < 4.78 is 5.21. The van der Waals surface area contributed by atoms with Crippen LogP contribution in [0.1, 0.15) is 52.4 Å². The second-order valence-electron chi connectivity index (χ2n) is 6.92. The van der Waals surface area contributed by atoms with Gasteiger partial charge in [-0.1, -0.05) is 31.1 Å². The first kappa shape index (κ1) is 19.2. The van der Waals surface area contributed by atoms with Crippen molar-refractivity contribution in [2.75, 3.05) is 13.6 Å². The molecule has 142 valence electrons. The number of nitrogens with zero attached hydrogens (tertiary/aromatic N) is 4. The summed E-state index contributed by atoms with van der Waals surface area (Å²) in [5.74, 6) is 1.42. The average molecular weight is 385 g/mol. The molecule has 3 aromatic rings. The quantitative estimate of drug-likeness (QED) is 0.635. The van der Waals surface area contributed by atoms with E-state index >= 15 is 0 Å². The Bertz CT molecular complexity index is 926. The van der Waals surface area contributed by atoms with E-state index in [1.54, 1.807) is 23.3 Å². The van der Waals surface area contributed by atoms with Gasteiger partial charge in [0.05, 0.1) is 5.69 Å². The van der Waals surface area contributed by atoms with Crippen molar-refractivity contribution in [1.82, 2.24) is 20.0 Å². The van der Waals surface area contributed by atoms with Gasteiger partial charge in [-0.25, -0.2) is 4.98 Å². The lowest BCUT2D eigenvalue weighted by Gasteiger charge is -2.16. The summed E-state index contributed by atoms with van der Waals surface area (Å²) in [4.78, 5) is 24.6. The van der Waals surface area contributed by atoms with Crippen LogP contribution in [-0.2, 0) is 6.42 Å². The number of likely N-dealkylation sites (N-methyl/N-ethyl adjacent to an activating group) is 1. The van der Waals surface area contributed by atoms with Crippen LogP contribution in [0.2, 0.25) is 0 Å². The Labute approximate surface area is 163 Å². The maximum atomic E-state index is 12.8. The Hall–Kier alpha value is -2.54. The van der Waals surface area contributed by atoms with Gasteiger partial charge in [-0.3, -0.25) is 4.79 Å². The first-order valence-corrected chi connectivity index (χ1v) is 9.79. The van der Waals surface area contributed by atoms with Gasteiger partial charge in [0.2, 0.25) is 5.89 Å². The van der Waals surface area contributed by atoms with Gasteiger partial charge >= 0.3 is 0 Å². The van der Waals surface area contributed by atoms with Crippen LogP contribution in [0, 0.1) is 13.8 Å². The summed E-state index contributed by atoms with van der Waals surface area (Å²) in [5.41, 5.74) is 2.65. The van der Waals surface area contributed by atoms with Crippen LogP contribution in [0.5, 0.6) is 0 Å². The fourth-order valence-electron chi connectivity index (χ4n) is 2.57. The summed E-state index contributed by atoms with van der Waals surface area (Å²) in [7, 11) is 1.79. The van der Waals surface area contributed by atoms with Crippen LogP contribution >= 0.6 is 11.3 Å². The Morgan fingerprint density at radius 3 is 2.67 bits per heavy atom. The molecule has 0 unspecified atom stereocenters. The summed E-state index contributed by atoms with van der Waals surface area (Å²) in [5, 5.41) is 4.91. The largest absolute Gasteiger partial charge is 0.341 e. The third-order valence-corrected chi connectivity index (χ3v) is 5.50. The highest BCUT2D eigenvalue weighted by Gasteiger charge is 2.16. The van der Waals surface area contributed by atoms with E-state index in [9.17, 15) is 4.79 Å². The molecular weight excluding hydrogens is 360 g/mol. The number of carbonyl (C=O) groups is 1. The molecule has 1 amide bonds. The molecule has 0 saturated carbocycles. The van der Waals surface area contributed by atoms with Crippen molar-refractivity contribution in [3.63, 3.8) is 0 Å². The number of rotatable bonds is 6. The van der Waals surface area contributed by atoms with Crippen LogP contribution in [0.3, 0.4) is 0 Å². The van der Waals surface area contributed by atoms with Crippen molar-refractivity contribution in [2.24, 2.45) is 0 Å². The van der Waals surface area contributed by atoms with Crippen LogP contribution in [0.25, 0.3) is 10.6 Å². The molecule has 2 aromatic heterocycles. The minimum Gasteiger partial charge on any atom is -0.341 e. The molecule has 0 atom stereocenters. The second kappa shape index (κ2) is 8.00. The molecule has 0 aliphatic rings. The molecule has 0 aliphatic heterocycles. The number of hydrogen-bond acceptors (Lipinski definition) is 6. The SMILES string of the molecule is Cc1nc(-c2cccc(C(=O)N(C)CCc3noc(C(C)C)n3)c2)sc1C. The molecule has 0 bridgehead atoms. The zero-order valence-electron chi connectivity index (χ0n) is 16.3. The molecule has 2 heterocycles. The van der Waals surface area contributed by atoms with E-state index in [1.807, 2.05) is 45.0 Å². The lowest BCUT2D eigenvalue weighted by molar-refractivity contribution is 0.0796.